The highest BCUT2D eigenvalue weighted by atomic mass is 32.1. The first kappa shape index (κ1) is 12.2. The van der Waals surface area contributed by atoms with Crippen LogP contribution in [0.2, 0.25) is 0 Å². The summed E-state index contributed by atoms with van der Waals surface area (Å²) >= 11 is 1.75. The quantitative estimate of drug-likeness (QED) is 0.903. The van der Waals surface area contributed by atoms with Crippen molar-refractivity contribution < 1.29 is 0 Å². The number of hydrogen-bond donors (Lipinski definition) is 1. The number of nitrogens with zero attached hydrogens (tertiary/aromatic N) is 2. The van der Waals surface area contributed by atoms with Gasteiger partial charge in [-0.25, -0.2) is 4.98 Å². The van der Waals surface area contributed by atoms with Crippen LogP contribution >= 0.6 is 11.3 Å². The van der Waals surface area contributed by atoms with Crippen LogP contribution in [0.25, 0.3) is 0 Å². The Balaban J connectivity index is 2.17. The van der Waals surface area contributed by atoms with Gasteiger partial charge in [-0.2, -0.15) is 0 Å². The summed E-state index contributed by atoms with van der Waals surface area (Å²) in [5.41, 5.74) is 8.04. The number of aryl methyl sites for hydroxylation is 2. The molecular formula is C13H17N3S. The number of pyridine rings is 1. The van der Waals surface area contributed by atoms with E-state index in [1.807, 2.05) is 31.3 Å². The molecule has 0 spiro atoms. The van der Waals surface area contributed by atoms with Crippen molar-refractivity contribution in [3.8, 4) is 0 Å². The van der Waals surface area contributed by atoms with E-state index < -0.39 is 0 Å². The van der Waals surface area contributed by atoms with Gasteiger partial charge in [0, 0.05) is 35.7 Å². The number of nitrogens with two attached hydrogens (primary N) is 1. The third-order valence-electron chi connectivity index (χ3n) is 2.86. The highest BCUT2D eigenvalue weighted by molar-refractivity contribution is 7.11. The maximum Gasteiger partial charge on any atom is 0.0978 e. The molecule has 90 valence electrons. The molecule has 2 aromatic rings. The normalized spacial score (nSPS) is 12.6. The number of rotatable bonds is 4. The van der Waals surface area contributed by atoms with E-state index in [1.54, 1.807) is 11.3 Å². The molecule has 2 rings (SSSR count). The van der Waals surface area contributed by atoms with Crippen molar-refractivity contribution >= 4 is 11.3 Å². The van der Waals surface area contributed by atoms with E-state index in [9.17, 15) is 0 Å². The Hall–Kier alpha value is -1.26. The van der Waals surface area contributed by atoms with Crippen LogP contribution in [-0.4, -0.2) is 16.5 Å². The molecule has 1 unspecified atom stereocenters. The summed E-state index contributed by atoms with van der Waals surface area (Å²) < 4.78 is 0. The molecular weight excluding hydrogens is 230 g/mol. The molecule has 0 saturated carbocycles. The fraction of sp³-hybridized carbons (Fsp3) is 0.385. The van der Waals surface area contributed by atoms with Gasteiger partial charge in [0.05, 0.1) is 10.7 Å². The average Bonchev–Trinajstić information content (AvgIpc) is 2.68. The summed E-state index contributed by atoms with van der Waals surface area (Å²) in [5.74, 6) is 0.280. The topological polar surface area (TPSA) is 51.8 Å². The Morgan fingerprint density at radius 2 is 2.18 bits per heavy atom. The Bertz CT molecular complexity index is 459. The maximum absolute atomic E-state index is 5.85. The molecule has 0 bridgehead atoms. The largest absolute Gasteiger partial charge is 0.330 e. The van der Waals surface area contributed by atoms with Crippen LogP contribution in [0.3, 0.4) is 0 Å². The van der Waals surface area contributed by atoms with Crippen molar-refractivity contribution in [1.29, 1.82) is 0 Å². The fourth-order valence-corrected chi connectivity index (χ4v) is 2.75. The summed E-state index contributed by atoms with van der Waals surface area (Å²) in [6, 6.07) is 5.98. The fourth-order valence-electron chi connectivity index (χ4n) is 1.71. The summed E-state index contributed by atoms with van der Waals surface area (Å²) in [5, 5.41) is 1.13. The molecule has 0 saturated heterocycles. The third-order valence-corrected chi connectivity index (χ3v) is 4.10. The van der Waals surface area contributed by atoms with Crippen LogP contribution in [0.5, 0.6) is 0 Å². The number of aromatic nitrogens is 2. The van der Waals surface area contributed by atoms with E-state index in [2.05, 4.69) is 16.9 Å². The Morgan fingerprint density at radius 3 is 2.71 bits per heavy atom. The second-order valence-electron chi connectivity index (χ2n) is 4.15. The van der Waals surface area contributed by atoms with Gasteiger partial charge in [0.25, 0.3) is 0 Å². The minimum Gasteiger partial charge on any atom is -0.330 e. The molecule has 17 heavy (non-hydrogen) atoms. The van der Waals surface area contributed by atoms with E-state index in [0.29, 0.717) is 6.54 Å². The monoisotopic (exact) mass is 247 g/mol. The number of hydrogen-bond acceptors (Lipinski definition) is 4. The van der Waals surface area contributed by atoms with Crippen LogP contribution in [0.4, 0.5) is 0 Å². The summed E-state index contributed by atoms with van der Waals surface area (Å²) in [4.78, 5) is 10.2. The standard InChI is InChI=1S/C13H17N3S/c1-9-10(2)17-13(16-9)11(8-14)7-12-5-3-4-6-15-12/h3-6,11H,7-8,14H2,1-2H3. The molecule has 2 heterocycles. The van der Waals surface area contributed by atoms with Crippen LogP contribution < -0.4 is 5.73 Å². The van der Waals surface area contributed by atoms with Gasteiger partial charge in [-0.3, -0.25) is 4.98 Å². The second kappa shape index (κ2) is 5.38. The highest BCUT2D eigenvalue weighted by Crippen LogP contribution is 2.26. The van der Waals surface area contributed by atoms with Gasteiger partial charge in [-0.15, -0.1) is 11.3 Å². The van der Waals surface area contributed by atoms with Gasteiger partial charge < -0.3 is 5.73 Å². The lowest BCUT2D eigenvalue weighted by Crippen LogP contribution is -2.15. The van der Waals surface area contributed by atoms with Crippen molar-refractivity contribution in [3.05, 3.63) is 45.7 Å². The highest BCUT2D eigenvalue weighted by Gasteiger charge is 2.16. The van der Waals surface area contributed by atoms with Crippen LogP contribution in [-0.2, 0) is 6.42 Å². The third kappa shape index (κ3) is 2.90. The van der Waals surface area contributed by atoms with E-state index in [-0.39, 0.29) is 5.92 Å². The predicted octanol–water partition coefficient (Wildman–Crippen LogP) is 2.44. The van der Waals surface area contributed by atoms with Crippen LogP contribution in [0.15, 0.2) is 24.4 Å². The molecule has 0 aliphatic heterocycles. The molecule has 0 aliphatic rings. The molecule has 0 fully saturated rings. The average molecular weight is 247 g/mol. The second-order valence-corrected chi connectivity index (χ2v) is 5.39. The van der Waals surface area contributed by atoms with Crippen molar-refractivity contribution in [3.63, 3.8) is 0 Å². The minimum atomic E-state index is 0.280. The first-order valence-electron chi connectivity index (χ1n) is 5.74. The molecule has 2 N–H and O–H groups in total. The first-order chi connectivity index (χ1) is 8.20. The summed E-state index contributed by atoms with van der Waals surface area (Å²) in [7, 11) is 0. The molecule has 0 aromatic carbocycles. The summed E-state index contributed by atoms with van der Waals surface area (Å²) in [6.45, 7) is 4.76. The zero-order chi connectivity index (χ0) is 12.3. The first-order valence-corrected chi connectivity index (χ1v) is 6.56. The lowest BCUT2D eigenvalue weighted by molar-refractivity contribution is 0.675. The lowest BCUT2D eigenvalue weighted by Gasteiger charge is -2.10. The molecule has 0 aliphatic carbocycles. The van der Waals surface area contributed by atoms with Gasteiger partial charge >= 0.3 is 0 Å². The van der Waals surface area contributed by atoms with E-state index >= 15 is 0 Å². The smallest absolute Gasteiger partial charge is 0.0978 e. The van der Waals surface area contributed by atoms with Crippen LogP contribution in [0, 0.1) is 13.8 Å². The van der Waals surface area contributed by atoms with Crippen molar-refractivity contribution in [2.45, 2.75) is 26.2 Å². The van der Waals surface area contributed by atoms with Gasteiger partial charge in [0.2, 0.25) is 0 Å². The van der Waals surface area contributed by atoms with Crippen molar-refractivity contribution in [2.75, 3.05) is 6.54 Å². The van der Waals surface area contributed by atoms with Crippen LogP contribution in [0.1, 0.15) is 27.2 Å². The SMILES string of the molecule is Cc1nc(C(CN)Cc2ccccn2)sc1C. The Kier molecular flexibility index (Phi) is 3.86. The maximum atomic E-state index is 5.85. The molecule has 0 radical (unpaired) electrons. The molecule has 1 atom stereocenters. The zero-order valence-corrected chi connectivity index (χ0v) is 11.0. The predicted molar refractivity (Wildman–Crippen MR) is 71.3 cm³/mol. The molecule has 3 nitrogen and oxygen atoms in total. The molecule has 2 aromatic heterocycles. The zero-order valence-electron chi connectivity index (χ0n) is 10.2. The Labute approximate surface area is 106 Å². The van der Waals surface area contributed by atoms with Gasteiger partial charge in [0.15, 0.2) is 0 Å². The van der Waals surface area contributed by atoms with E-state index in [1.165, 1.54) is 4.88 Å². The van der Waals surface area contributed by atoms with Gasteiger partial charge in [-0.05, 0) is 26.0 Å². The molecule has 0 amide bonds. The Morgan fingerprint density at radius 1 is 1.35 bits per heavy atom. The minimum absolute atomic E-state index is 0.280. The number of thiazole rings is 1. The van der Waals surface area contributed by atoms with E-state index in [4.69, 9.17) is 5.73 Å². The summed E-state index contributed by atoms with van der Waals surface area (Å²) in [6.07, 6.45) is 2.69. The van der Waals surface area contributed by atoms with E-state index in [0.717, 1.165) is 22.8 Å². The lowest BCUT2D eigenvalue weighted by atomic mass is 10.0. The van der Waals surface area contributed by atoms with Gasteiger partial charge in [0.1, 0.15) is 0 Å². The molecule has 4 heteroatoms. The van der Waals surface area contributed by atoms with Crippen molar-refractivity contribution in [1.82, 2.24) is 9.97 Å². The van der Waals surface area contributed by atoms with Crippen molar-refractivity contribution in [2.24, 2.45) is 5.73 Å². The van der Waals surface area contributed by atoms with Gasteiger partial charge in [-0.1, -0.05) is 6.07 Å².